The Morgan fingerprint density at radius 2 is 2.00 bits per heavy atom. The predicted octanol–water partition coefficient (Wildman–Crippen LogP) is 5.42. The number of carbonyl (C=O) groups is 1. The molecule has 6 nitrogen and oxygen atoms in total. The Hall–Kier alpha value is -3.16. The van der Waals surface area contributed by atoms with Gasteiger partial charge in [0.1, 0.15) is 17.2 Å². The van der Waals surface area contributed by atoms with Crippen LogP contribution in [0, 0.1) is 0 Å². The number of nitrogens with one attached hydrogen (secondary N) is 1. The van der Waals surface area contributed by atoms with E-state index in [1.165, 1.54) is 11.3 Å². The van der Waals surface area contributed by atoms with Crippen LogP contribution in [0.2, 0.25) is 5.02 Å². The number of benzene rings is 2. The molecule has 0 spiro atoms. The molecule has 0 saturated heterocycles. The lowest BCUT2D eigenvalue weighted by molar-refractivity contribution is 0.102. The number of thiophene rings is 1. The second kappa shape index (κ2) is 7.84. The van der Waals surface area contributed by atoms with Gasteiger partial charge in [-0.1, -0.05) is 42.5 Å². The maximum absolute atomic E-state index is 12.7. The van der Waals surface area contributed by atoms with Crippen molar-refractivity contribution in [2.75, 3.05) is 11.9 Å². The van der Waals surface area contributed by atoms with E-state index in [9.17, 15) is 4.79 Å². The molecule has 1 N–H and O–H groups in total. The lowest BCUT2D eigenvalue weighted by atomic mass is 10.1. The minimum Gasteiger partial charge on any atom is -0.490 e. The Morgan fingerprint density at radius 3 is 2.75 bits per heavy atom. The number of anilines is 1. The van der Waals surface area contributed by atoms with Crippen molar-refractivity contribution in [2.45, 2.75) is 0 Å². The second-order valence-electron chi connectivity index (χ2n) is 5.78. The third-order valence-corrected chi connectivity index (χ3v) is 5.63. The van der Waals surface area contributed by atoms with Crippen LogP contribution in [0.15, 0.2) is 65.8 Å². The molecule has 0 bridgehead atoms. The summed E-state index contributed by atoms with van der Waals surface area (Å²) >= 11 is 7.69. The first-order valence-electron chi connectivity index (χ1n) is 8.32. The molecule has 0 aliphatic carbocycles. The summed E-state index contributed by atoms with van der Waals surface area (Å²) in [4.78, 5) is 13.1. The molecule has 0 aliphatic rings. The van der Waals surface area contributed by atoms with Gasteiger partial charge in [-0.3, -0.25) is 4.79 Å². The Kier molecular flexibility index (Phi) is 5.10. The van der Waals surface area contributed by atoms with E-state index in [4.69, 9.17) is 21.0 Å². The van der Waals surface area contributed by atoms with Crippen molar-refractivity contribution in [3.8, 4) is 17.0 Å². The number of halogens is 1. The van der Waals surface area contributed by atoms with Gasteiger partial charge in [-0.2, -0.15) is 0 Å². The minimum absolute atomic E-state index is 0.221. The number of carbonyl (C=O) groups excluding carboxylic acids is 1. The summed E-state index contributed by atoms with van der Waals surface area (Å²) in [6, 6.07) is 14.8. The zero-order valence-corrected chi connectivity index (χ0v) is 16.1. The Balaban J connectivity index is 1.58. The van der Waals surface area contributed by atoms with Crippen LogP contribution < -0.4 is 10.1 Å². The van der Waals surface area contributed by atoms with Crippen molar-refractivity contribution in [1.82, 2.24) is 10.3 Å². The van der Waals surface area contributed by atoms with Crippen LogP contribution >= 0.6 is 22.9 Å². The maximum atomic E-state index is 12.7. The molecule has 2 aromatic heterocycles. The number of fused-ring (bicyclic) bond motifs is 1. The zero-order chi connectivity index (χ0) is 19.5. The van der Waals surface area contributed by atoms with Gasteiger partial charge >= 0.3 is 0 Å². The highest BCUT2D eigenvalue weighted by atomic mass is 35.5. The lowest BCUT2D eigenvalue weighted by Crippen LogP contribution is -2.11. The van der Waals surface area contributed by atoms with Gasteiger partial charge in [0, 0.05) is 15.6 Å². The molecule has 8 heteroatoms. The first-order valence-corrected chi connectivity index (χ1v) is 9.52. The standard InChI is InChI=1S/C20H14ClN3O3S/c1-2-11-26-13-9-7-12(8-10-13)17-19(24-27-23-17)22-20(25)18-16(21)14-5-3-4-6-15(14)28-18/h2-10H,1,11H2,(H,22,24,25). The molecule has 4 rings (SSSR count). The SMILES string of the molecule is C=CCOc1ccc(-c2nonc2NC(=O)c2sc3ccccc3c2Cl)cc1. The summed E-state index contributed by atoms with van der Waals surface area (Å²) in [6.07, 6.45) is 1.67. The molecule has 0 aliphatic heterocycles. The highest BCUT2D eigenvalue weighted by Gasteiger charge is 2.21. The van der Waals surface area contributed by atoms with Gasteiger partial charge in [0.2, 0.25) is 5.82 Å². The molecular formula is C20H14ClN3O3S. The van der Waals surface area contributed by atoms with Crippen LogP contribution in [0.5, 0.6) is 5.75 Å². The van der Waals surface area contributed by atoms with E-state index in [2.05, 4.69) is 22.2 Å². The number of rotatable bonds is 6. The summed E-state index contributed by atoms with van der Waals surface area (Å²) in [5.41, 5.74) is 1.14. The molecule has 140 valence electrons. The largest absolute Gasteiger partial charge is 0.490 e. The van der Waals surface area contributed by atoms with E-state index in [1.54, 1.807) is 30.3 Å². The van der Waals surface area contributed by atoms with E-state index >= 15 is 0 Å². The lowest BCUT2D eigenvalue weighted by Gasteiger charge is -2.05. The van der Waals surface area contributed by atoms with E-state index in [0.717, 1.165) is 15.6 Å². The number of nitrogens with zero attached hydrogens (tertiary/aromatic N) is 2. The monoisotopic (exact) mass is 411 g/mol. The van der Waals surface area contributed by atoms with Gasteiger partial charge in [0.15, 0.2) is 5.69 Å². The normalized spacial score (nSPS) is 10.8. The van der Waals surface area contributed by atoms with Gasteiger partial charge in [0.05, 0.1) is 5.02 Å². The number of ether oxygens (including phenoxy) is 1. The van der Waals surface area contributed by atoms with Crippen LogP contribution in [-0.4, -0.2) is 22.8 Å². The summed E-state index contributed by atoms with van der Waals surface area (Å²) in [7, 11) is 0. The van der Waals surface area contributed by atoms with E-state index in [-0.39, 0.29) is 11.7 Å². The van der Waals surface area contributed by atoms with E-state index in [0.29, 0.717) is 28.0 Å². The van der Waals surface area contributed by atoms with Gasteiger partial charge < -0.3 is 10.1 Å². The Labute approximate surface area is 169 Å². The third-order valence-electron chi connectivity index (χ3n) is 3.96. The summed E-state index contributed by atoms with van der Waals surface area (Å²) < 4.78 is 11.2. The van der Waals surface area contributed by atoms with Crippen molar-refractivity contribution >= 4 is 44.7 Å². The Bertz CT molecular complexity index is 1150. The molecule has 4 aromatic rings. The molecule has 0 fully saturated rings. The van der Waals surface area contributed by atoms with Crippen LogP contribution in [0.1, 0.15) is 9.67 Å². The van der Waals surface area contributed by atoms with Crippen LogP contribution in [0.4, 0.5) is 5.82 Å². The highest BCUT2D eigenvalue weighted by Crippen LogP contribution is 2.36. The fourth-order valence-electron chi connectivity index (χ4n) is 2.65. The highest BCUT2D eigenvalue weighted by molar-refractivity contribution is 7.21. The fraction of sp³-hybridized carbons (Fsp3) is 0.0500. The van der Waals surface area contributed by atoms with Crippen LogP contribution in [0.25, 0.3) is 21.3 Å². The van der Waals surface area contributed by atoms with Gasteiger partial charge in [0.25, 0.3) is 5.91 Å². The predicted molar refractivity (Wildman–Crippen MR) is 110 cm³/mol. The zero-order valence-electron chi connectivity index (χ0n) is 14.5. The summed E-state index contributed by atoms with van der Waals surface area (Å²) in [5, 5.41) is 11.7. The first-order chi connectivity index (χ1) is 13.7. The number of aromatic nitrogens is 2. The van der Waals surface area contributed by atoms with Gasteiger partial charge in [-0.25, -0.2) is 4.63 Å². The van der Waals surface area contributed by atoms with Gasteiger partial charge in [-0.15, -0.1) is 11.3 Å². The number of amides is 1. The van der Waals surface area contributed by atoms with E-state index in [1.807, 2.05) is 24.3 Å². The summed E-state index contributed by atoms with van der Waals surface area (Å²) in [6.45, 7) is 4.03. The fourth-order valence-corrected chi connectivity index (χ4v) is 4.06. The van der Waals surface area contributed by atoms with Crippen molar-refractivity contribution in [3.63, 3.8) is 0 Å². The minimum atomic E-state index is -0.367. The van der Waals surface area contributed by atoms with Crippen LogP contribution in [0.3, 0.4) is 0 Å². The van der Waals surface area contributed by atoms with Crippen molar-refractivity contribution in [3.05, 3.63) is 71.1 Å². The van der Waals surface area contributed by atoms with Crippen LogP contribution in [-0.2, 0) is 0 Å². The number of hydrogen-bond acceptors (Lipinski definition) is 6. The van der Waals surface area contributed by atoms with Crippen molar-refractivity contribution in [1.29, 1.82) is 0 Å². The number of hydrogen-bond donors (Lipinski definition) is 1. The molecule has 0 saturated carbocycles. The molecule has 2 aromatic carbocycles. The topological polar surface area (TPSA) is 77.2 Å². The third kappa shape index (κ3) is 3.49. The molecule has 1 amide bonds. The van der Waals surface area contributed by atoms with E-state index < -0.39 is 0 Å². The molecule has 28 heavy (non-hydrogen) atoms. The van der Waals surface area contributed by atoms with Crippen molar-refractivity contribution < 1.29 is 14.2 Å². The van der Waals surface area contributed by atoms with Gasteiger partial charge in [-0.05, 0) is 40.6 Å². The summed E-state index contributed by atoms with van der Waals surface area (Å²) in [5.74, 6) is 0.551. The Morgan fingerprint density at radius 1 is 1.21 bits per heavy atom. The molecule has 2 heterocycles. The molecule has 0 radical (unpaired) electrons. The molecule has 0 atom stereocenters. The van der Waals surface area contributed by atoms with Crippen molar-refractivity contribution in [2.24, 2.45) is 0 Å². The second-order valence-corrected chi connectivity index (χ2v) is 7.21. The first kappa shape index (κ1) is 18.2. The molecular weight excluding hydrogens is 398 g/mol. The average molecular weight is 412 g/mol. The smallest absolute Gasteiger partial charge is 0.268 e. The maximum Gasteiger partial charge on any atom is 0.268 e. The quantitative estimate of drug-likeness (QED) is 0.428. The molecule has 0 unspecified atom stereocenters. The average Bonchev–Trinajstić information content (AvgIpc) is 3.31.